The highest BCUT2D eigenvalue weighted by Crippen LogP contribution is 2.22. The van der Waals surface area contributed by atoms with E-state index in [0.717, 1.165) is 64.2 Å². The van der Waals surface area contributed by atoms with Crippen molar-refractivity contribution in [1.29, 1.82) is 0 Å². The Balaban J connectivity index is 5.57. The van der Waals surface area contributed by atoms with Crippen molar-refractivity contribution in [3.05, 3.63) is 0 Å². The molecule has 0 aromatic carbocycles. The molecule has 5 N–H and O–H groups in total. The first kappa shape index (κ1) is 53.2. The van der Waals surface area contributed by atoms with Gasteiger partial charge in [0.05, 0.1) is 50.1 Å². The van der Waals surface area contributed by atoms with E-state index in [1.165, 1.54) is 6.92 Å². The molecule has 0 amide bonds. The molecule has 0 heterocycles. The molecule has 8 atom stereocenters. The Kier molecular flexibility index (Phi) is 31.5. The standard InChI is InChI=1S/C42H76O14/c1-6-10-14-18-31(44)22-32(45)26-40(50)54-36(20-16-12-8-3)24-34(47)27-41(51)56-37(21-17-13-9-4)28-38(53-30(5)43)29-42(52)55-35(19-15-11-7-2)23-33(46)25-39(48)49/h31-38,44-47H,6-29H2,1-5H3,(H,48,49)/t31-,32-,33-,34-,35-,36-,37-,38-/m1/s1. The lowest BCUT2D eigenvalue weighted by atomic mass is 10.0. The second-order valence-corrected chi connectivity index (χ2v) is 15.3. The monoisotopic (exact) mass is 805 g/mol. The number of aliphatic hydroxyl groups is 4. The first-order valence-corrected chi connectivity index (χ1v) is 21.3. The van der Waals surface area contributed by atoms with Gasteiger partial charge in [-0.25, -0.2) is 0 Å². The van der Waals surface area contributed by atoms with Crippen LogP contribution in [-0.2, 0) is 42.9 Å². The normalized spacial score (nSPS) is 15.7. The molecule has 0 rings (SSSR count). The summed E-state index contributed by atoms with van der Waals surface area (Å²) in [5, 5.41) is 50.8. The molecule has 56 heavy (non-hydrogen) atoms. The molecule has 0 bridgehead atoms. The van der Waals surface area contributed by atoms with Crippen molar-refractivity contribution >= 4 is 29.8 Å². The summed E-state index contributed by atoms with van der Waals surface area (Å²) in [4.78, 5) is 62.1. The molecule has 14 nitrogen and oxygen atoms in total. The molecule has 0 saturated carbocycles. The van der Waals surface area contributed by atoms with Gasteiger partial charge in [-0.2, -0.15) is 0 Å². The van der Waals surface area contributed by atoms with Crippen LogP contribution in [0.25, 0.3) is 0 Å². The number of ether oxygens (including phenoxy) is 4. The number of hydrogen-bond acceptors (Lipinski definition) is 13. The van der Waals surface area contributed by atoms with Crippen molar-refractivity contribution in [2.24, 2.45) is 0 Å². The molecule has 0 aromatic heterocycles. The highest BCUT2D eigenvalue weighted by molar-refractivity contribution is 5.72. The van der Waals surface area contributed by atoms with Crippen LogP contribution in [-0.4, -0.2) is 104 Å². The molecule has 0 aromatic rings. The van der Waals surface area contributed by atoms with E-state index in [1.807, 2.05) is 20.8 Å². The molecule has 328 valence electrons. The van der Waals surface area contributed by atoms with Crippen LogP contribution in [0, 0.1) is 0 Å². The Morgan fingerprint density at radius 1 is 0.411 bits per heavy atom. The quantitative estimate of drug-likeness (QED) is 0.0255. The lowest BCUT2D eigenvalue weighted by Gasteiger charge is -2.26. The van der Waals surface area contributed by atoms with Gasteiger partial charge in [0.15, 0.2) is 0 Å². The van der Waals surface area contributed by atoms with Gasteiger partial charge in [-0.1, -0.05) is 85.5 Å². The minimum Gasteiger partial charge on any atom is -0.481 e. The van der Waals surface area contributed by atoms with E-state index in [1.54, 1.807) is 0 Å². The molecule has 0 unspecified atom stereocenters. The maximum atomic E-state index is 13.2. The van der Waals surface area contributed by atoms with Gasteiger partial charge in [0.1, 0.15) is 24.4 Å². The lowest BCUT2D eigenvalue weighted by Crippen LogP contribution is -2.32. The number of carboxylic acids is 1. The minimum atomic E-state index is -1.20. The number of unbranched alkanes of at least 4 members (excludes halogenated alkanes) is 8. The highest BCUT2D eigenvalue weighted by atomic mass is 16.6. The fraction of sp³-hybridized carbons (Fsp3) is 0.881. The second-order valence-electron chi connectivity index (χ2n) is 15.3. The minimum absolute atomic E-state index is 0.00471. The number of aliphatic hydroxyl groups excluding tert-OH is 4. The molecule has 0 aliphatic heterocycles. The summed E-state index contributed by atoms with van der Waals surface area (Å²) in [6.07, 6.45) is 3.15. The van der Waals surface area contributed by atoms with E-state index in [4.69, 9.17) is 24.1 Å². The third kappa shape index (κ3) is 30.3. The summed E-state index contributed by atoms with van der Waals surface area (Å²) in [6, 6.07) is 0. The second kappa shape index (κ2) is 33.2. The van der Waals surface area contributed by atoms with Gasteiger partial charge in [-0.3, -0.25) is 24.0 Å². The highest BCUT2D eigenvalue weighted by Gasteiger charge is 2.29. The van der Waals surface area contributed by atoms with Crippen LogP contribution >= 0.6 is 0 Å². The van der Waals surface area contributed by atoms with Crippen molar-refractivity contribution < 1.29 is 68.5 Å². The maximum absolute atomic E-state index is 13.2. The molecular weight excluding hydrogens is 728 g/mol. The summed E-state index contributed by atoms with van der Waals surface area (Å²) in [7, 11) is 0. The molecule has 0 aliphatic rings. The Labute approximate surface area is 335 Å². The van der Waals surface area contributed by atoms with Crippen LogP contribution in [0.5, 0.6) is 0 Å². The van der Waals surface area contributed by atoms with Crippen LogP contribution in [0.15, 0.2) is 0 Å². The van der Waals surface area contributed by atoms with Gasteiger partial charge >= 0.3 is 29.8 Å². The van der Waals surface area contributed by atoms with Gasteiger partial charge in [0.2, 0.25) is 0 Å². The van der Waals surface area contributed by atoms with Crippen LogP contribution in [0.3, 0.4) is 0 Å². The van der Waals surface area contributed by atoms with Crippen LogP contribution in [0.4, 0.5) is 0 Å². The predicted molar refractivity (Wildman–Crippen MR) is 210 cm³/mol. The Morgan fingerprint density at radius 2 is 0.768 bits per heavy atom. The molecule has 0 saturated heterocycles. The van der Waals surface area contributed by atoms with Crippen molar-refractivity contribution in [2.45, 2.75) is 238 Å². The fourth-order valence-corrected chi connectivity index (χ4v) is 6.63. The zero-order chi connectivity index (χ0) is 42.3. The van der Waals surface area contributed by atoms with Gasteiger partial charge in [0, 0.05) is 26.2 Å². The number of esters is 4. The molecular formula is C42H76O14. The topological polar surface area (TPSA) is 223 Å². The van der Waals surface area contributed by atoms with Crippen LogP contribution in [0.1, 0.15) is 189 Å². The Morgan fingerprint density at radius 3 is 1.16 bits per heavy atom. The van der Waals surface area contributed by atoms with Crippen LogP contribution < -0.4 is 0 Å². The van der Waals surface area contributed by atoms with Crippen molar-refractivity contribution in [2.75, 3.05) is 0 Å². The molecule has 0 fully saturated rings. The fourth-order valence-electron chi connectivity index (χ4n) is 6.63. The third-order valence-electron chi connectivity index (χ3n) is 9.51. The van der Waals surface area contributed by atoms with E-state index in [-0.39, 0.29) is 38.5 Å². The average molecular weight is 805 g/mol. The third-order valence-corrected chi connectivity index (χ3v) is 9.51. The van der Waals surface area contributed by atoms with Gasteiger partial charge in [0.25, 0.3) is 0 Å². The molecule has 0 radical (unpaired) electrons. The van der Waals surface area contributed by atoms with E-state index in [0.29, 0.717) is 38.5 Å². The van der Waals surface area contributed by atoms with E-state index < -0.39 is 91.5 Å². The van der Waals surface area contributed by atoms with Gasteiger partial charge in [-0.05, 0) is 51.4 Å². The number of aliphatic carboxylic acids is 1. The average Bonchev–Trinajstić information content (AvgIpc) is 3.07. The number of carbonyl (C=O) groups is 5. The zero-order valence-corrected chi connectivity index (χ0v) is 35.0. The Hall–Kier alpha value is -2.81. The zero-order valence-electron chi connectivity index (χ0n) is 35.0. The number of carbonyl (C=O) groups excluding carboxylic acids is 4. The predicted octanol–water partition coefficient (Wildman–Crippen LogP) is 6.62. The van der Waals surface area contributed by atoms with Crippen molar-refractivity contribution in [3.63, 3.8) is 0 Å². The van der Waals surface area contributed by atoms with Gasteiger partial charge in [-0.15, -0.1) is 0 Å². The number of rotatable bonds is 36. The van der Waals surface area contributed by atoms with Crippen molar-refractivity contribution in [1.82, 2.24) is 0 Å². The van der Waals surface area contributed by atoms with E-state index in [9.17, 15) is 44.4 Å². The maximum Gasteiger partial charge on any atom is 0.309 e. The number of carboxylic acid groups (broad SMARTS) is 1. The molecule has 14 heteroatoms. The molecule has 0 spiro atoms. The van der Waals surface area contributed by atoms with E-state index in [2.05, 4.69) is 6.92 Å². The van der Waals surface area contributed by atoms with Crippen LogP contribution in [0.2, 0.25) is 0 Å². The Bertz CT molecular complexity index is 1070. The van der Waals surface area contributed by atoms with Crippen molar-refractivity contribution in [3.8, 4) is 0 Å². The largest absolute Gasteiger partial charge is 0.481 e. The summed E-state index contributed by atoms with van der Waals surface area (Å²) in [6.45, 7) is 9.31. The first-order valence-electron chi connectivity index (χ1n) is 21.3. The smallest absolute Gasteiger partial charge is 0.309 e. The molecule has 0 aliphatic carbocycles. The first-order chi connectivity index (χ1) is 26.6. The number of hydrogen-bond donors (Lipinski definition) is 5. The van der Waals surface area contributed by atoms with Gasteiger partial charge < -0.3 is 44.5 Å². The summed E-state index contributed by atoms with van der Waals surface area (Å²) >= 11 is 0. The SMILES string of the molecule is CCCCC[C@@H](O)C[C@@H](O)CC(=O)O[C@H](CCCCC)C[C@@H](O)CC(=O)O[C@H](CCCCC)C[C@H](CC(=O)O[C@H](CCCCC)C[C@@H](O)CC(=O)O)OC(C)=O. The van der Waals surface area contributed by atoms with E-state index >= 15 is 0 Å². The summed E-state index contributed by atoms with van der Waals surface area (Å²) in [5.41, 5.74) is 0. The lowest BCUT2D eigenvalue weighted by molar-refractivity contribution is -0.161. The summed E-state index contributed by atoms with van der Waals surface area (Å²) < 4.78 is 22.5. The summed E-state index contributed by atoms with van der Waals surface area (Å²) in [5.74, 6) is -3.88.